The van der Waals surface area contributed by atoms with E-state index >= 15 is 0 Å². The molecule has 0 atom stereocenters. The molecule has 0 heterocycles. The second kappa shape index (κ2) is 4.66. The Kier molecular flexibility index (Phi) is 4.18. The molecule has 11 heavy (non-hydrogen) atoms. The van der Waals surface area contributed by atoms with Crippen molar-refractivity contribution >= 4 is 11.7 Å². The lowest BCUT2D eigenvalue weighted by molar-refractivity contribution is -0.136. The fourth-order valence-electron chi connectivity index (χ4n) is 0.648. The van der Waals surface area contributed by atoms with Crippen LogP contribution in [-0.4, -0.2) is 16.8 Å². The van der Waals surface area contributed by atoms with E-state index in [1.54, 1.807) is 13.0 Å². The van der Waals surface area contributed by atoms with E-state index in [9.17, 15) is 4.79 Å². The van der Waals surface area contributed by atoms with Gasteiger partial charge in [0.15, 0.2) is 0 Å². The number of nitrogens with zero attached hydrogens (tertiary/aromatic N) is 1. The Balaban J connectivity index is 4.22. The molecule has 0 saturated heterocycles. The summed E-state index contributed by atoms with van der Waals surface area (Å²) >= 11 is 0. The van der Waals surface area contributed by atoms with Crippen molar-refractivity contribution in [2.75, 3.05) is 0 Å². The van der Waals surface area contributed by atoms with Gasteiger partial charge in [-0.15, -0.1) is 0 Å². The molecule has 0 aromatic rings. The highest BCUT2D eigenvalue weighted by Gasteiger charge is 1.99. The summed E-state index contributed by atoms with van der Waals surface area (Å²) in [7, 11) is 0. The predicted molar refractivity (Wildman–Crippen MR) is 44.8 cm³/mol. The minimum atomic E-state index is -0.844. The van der Waals surface area contributed by atoms with Gasteiger partial charge in [0.05, 0.1) is 6.42 Å². The van der Waals surface area contributed by atoms with Crippen molar-refractivity contribution in [2.24, 2.45) is 4.99 Å². The van der Waals surface area contributed by atoms with Crippen molar-refractivity contribution in [3.05, 3.63) is 11.8 Å². The van der Waals surface area contributed by atoms with Crippen molar-refractivity contribution in [2.45, 2.75) is 27.2 Å². The normalized spacial score (nSPS) is 11.0. The summed E-state index contributed by atoms with van der Waals surface area (Å²) in [5.74, 6) is -0.844. The van der Waals surface area contributed by atoms with Gasteiger partial charge in [0.1, 0.15) is 0 Å². The molecule has 0 fully saturated rings. The SMILES string of the molecule is C/C=C(/CC(=O)O)N=C(C)C. The molecule has 0 bridgehead atoms. The summed E-state index contributed by atoms with van der Waals surface area (Å²) in [6.07, 6.45) is 1.71. The molecule has 3 nitrogen and oxygen atoms in total. The highest BCUT2D eigenvalue weighted by atomic mass is 16.4. The second-order valence-electron chi connectivity index (χ2n) is 2.41. The fraction of sp³-hybridized carbons (Fsp3) is 0.500. The van der Waals surface area contributed by atoms with E-state index < -0.39 is 5.97 Å². The molecule has 0 aliphatic carbocycles. The lowest BCUT2D eigenvalue weighted by Gasteiger charge is -1.96. The third-order valence-corrected chi connectivity index (χ3v) is 1.03. The molecule has 0 aliphatic heterocycles. The first-order chi connectivity index (χ1) is 5.06. The number of aliphatic imine (C=N–C) groups is 1. The van der Waals surface area contributed by atoms with E-state index in [0.29, 0.717) is 5.70 Å². The third-order valence-electron chi connectivity index (χ3n) is 1.03. The first-order valence-electron chi connectivity index (χ1n) is 3.45. The lowest BCUT2D eigenvalue weighted by Crippen LogP contribution is -1.96. The number of carbonyl (C=O) groups is 1. The van der Waals surface area contributed by atoms with Crippen LogP contribution < -0.4 is 0 Å². The number of carboxylic acids is 1. The van der Waals surface area contributed by atoms with Crippen LogP contribution in [-0.2, 0) is 4.79 Å². The zero-order chi connectivity index (χ0) is 8.85. The molecule has 0 radical (unpaired) electrons. The van der Waals surface area contributed by atoms with Crippen molar-refractivity contribution in [1.82, 2.24) is 0 Å². The zero-order valence-corrected chi connectivity index (χ0v) is 7.09. The Morgan fingerprint density at radius 1 is 1.55 bits per heavy atom. The fourth-order valence-corrected chi connectivity index (χ4v) is 0.648. The average molecular weight is 155 g/mol. The molecule has 0 spiro atoms. The van der Waals surface area contributed by atoms with Gasteiger partial charge in [-0.2, -0.15) is 0 Å². The Labute approximate surface area is 66.5 Å². The minimum Gasteiger partial charge on any atom is -0.481 e. The lowest BCUT2D eigenvalue weighted by atomic mass is 10.3. The summed E-state index contributed by atoms with van der Waals surface area (Å²) in [5, 5.41) is 8.42. The summed E-state index contributed by atoms with van der Waals surface area (Å²) in [6.45, 7) is 5.46. The zero-order valence-electron chi connectivity index (χ0n) is 7.09. The van der Waals surface area contributed by atoms with Gasteiger partial charge in [0, 0.05) is 11.4 Å². The van der Waals surface area contributed by atoms with Gasteiger partial charge in [0.2, 0.25) is 0 Å². The van der Waals surface area contributed by atoms with Gasteiger partial charge < -0.3 is 5.11 Å². The minimum absolute atomic E-state index is 0.00167. The molecule has 0 saturated carbocycles. The van der Waals surface area contributed by atoms with Gasteiger partial charge in [0.25, 0.3) is 0 Å². The molecule has 0 aromatic carbocycles. The van der Waals surface area contributed by atoms with Gasteiger partial charge in [-0.05, 0) is 20.8 Å². The highest BCUT2D eigenvalue weighted by Crippen LogP contribution is 2.03. The third kappa shape index (κ3) is 5.33. The van der Waals surface area contributed by atoms with Gasteiger partial charge in [-0.3, -0.25) is 9.79 Å². The quantitative estimate of drug-likeness (QED) is 0.632. The summed E-state index contributed by atoms with van der Waals surface area (Å²) in [5.41, 5.74) is 1.48. The maximum Gasteiger partial charge on any atom is 0.309 e. The van der Waals surface area contributed by atoms with E-state index in [2.05, 4.69) is 4.99 Å². The van der Waals surface area contributed by atoms with Crippen LogP contribution in [0.4, 0.5) is 0 Å². The topological polar surface area (TPSA) is 49.7 Å². The first kappa shape index (κ1) is 9.88. The first-order valence-corrected chi connectivity index (χ1v) is 3.45. The largest absolute Gasteiger partial charge is 0.481 e. The van der Waals surface area contributed by atoms with Crippen molar-refractivity contribution < 1.29 is 9.90 Å². The number of allylic oxidation sites excluding steroid dienone is 1. The molecule has 0 unspecified atom stereocenters. The van der Waals surface area contributed by atoms with Crippen molar-refractivity contribution in [1.29, 1.82) is 0 Å². The van der Waals surface area contributed by atoms with Gasteiger partial charge >= 0.3 is 5.97 Å². The molecule has 62 valence electrons. The van der Waals surface area contributed by atoms with Crippen LogP contribution in [0.25, 0.3) is 0 Å². The summed E-state index contributed by atoms with van der Waals surface area (Å²) in [6, 6.07) is 0. The summed E-state index contributed by atoms with van der Waals surface area (Å²) in [4.78, 5) is 14.3. The van der Waals surface area contributed by atoms with Crippen LogP contribution in [0.5, 0.6) is 0 Å². The van der Waals surface area contributed by atoms with Crippen molar-refractivity contribution in [3.8, 4) is 0 Å². The number of hydrogen-bond acceptors (Lipinski definition) is 2. The predicted octanol–water partition coefficient (Wildman–Crippen LogP) is 1.85. The Morgan fingerprint density at radius 2 is 2.09 bits per heavy atom. The standard InChI is InChI=1S/C8H13NO2/c1-4-7(5-8(10)11)9-6(2)3/h4H,5H2,1-3H3,(H,10,11)/b7-4-. The second-order valence-corrected chi connectivity index (χ2v) is 2.41. The molecule has 0 rings (SSSR count). The molecular formula is C8H13NO2. The monoisotopic (exact) mass is 155 g/mol. The van der Waals surface area contributed by atoms with Gasteiger partial charge in [-0.25, -0.2) is 0 Å². The number of hydrogen-bond donors (Lipinski definition) is 1. The van der Waals surface area contributed by atoms with E-state index in [4.69, 9.17) is 5.11 Å². The maximum atomic E-state index is 10.2. The van der Waals surface area contributed by atoms with Crippen LogP contribution in [0, 0.1) is 0 Å². The molecule has 3 heteroatoms. The van der Waals surface area contributed by atoms with E-state index in [1.807, 2.05) is 13.8 Å². The number of rotatable bonds is 3. The van der Waals surface area contributed by atoms with E-state index in [-0.39, 0.29) is 6.42 Å². The Hall–Kier alpha value is -1.12. The Bertz CT molecular complexity index is 200. The summed E-state index contributed by atoms with van der Waals surface area (Å²) < 4.78 is 0. The van der Waals surface area contributed by atoms with Crippen LogP contribution in [0.1, 0.15) is 27.2 Å². The van der Waals surface area contributed by atoms with Crippen molar-refractivity contribution in [3.63, 3.8) is 0 Å². The van der Waals surface area contributed by atoms with Crippen LogP contribution in [0.2, 0.25) is 0 Å². The maximum absolute atomic E-state index is 10.2. The molecule has 1 N–H and O–H groups in total. The average Bonchev–Trinajstić information content (AvgIpc) is 1.84. The van der Waals surface area contributed by atoms with E-state index in [0.717, 1.165) is 5.71 Å². The molecule has 0 aromatic heterocycles. The molecule has 0 amide bonds. The highest BCUT2D eigenvalue weighted by molar-refractivity contribution is 5.81. The smallest absolute Gasteiger partial charge is 0.309 e. The van der Waals surface area contributed by atoms with E-state index in [1.165, 1.54) is 0 Å². The van der Waals surface area contributed by atoms with Gasteiger partial charge in [-0.1, -0.05) is 6.08 Å². The molecule has 0 aliphatic rings. The Morgan fingerprint density at radius 3 is 2.36 bits per heavy atom. The number of carboxylic acid groups (broad SMARTS) is 1. The van der Waals surface area contributed by atoms with Crippen LogP contribution >= 0.6 is 0 Å². The molecular weight excluding hydrogens is 142 g/mol. The van der Waals surface area contributed by atoms with Crippen LogP contribution in [0.15, 0.2) is 16.8 Å². The number of aliphatic carboxylic acids is 1. The van der Waals surface area contributed by atoms with Crippen LogP contribution in [0.3, 0.4) is 0 Å².